The average Bonchev–Trinajstić information content (AvgIpc) is 2.55. The Balaban J connectivity index is 2.14. The summed E-state index contributed by atoms with van der Waals surface area (Å²) in [7, 11) is 0. The summed E-state index contributed by atoms with van der Waals surface area (Å²) in [6.07, 6.45) is 0. The predicted octanol–water partition coefficient (Wildman–Crippen LogP) is 3.97. The fraction of sp³-hybridized carbons (Fsp3) is 0.333. The molecule has 4 nitrogen and oxygen atoms in total. The smallest absolute Gasteiger partial charge is 0.334 e. The maximum Gasteiger partial charge on any atom is 0.334 e. The monoisotopic (exact) mass is 339 g/mol. The second kappa shape index (κ2) is 7.97. The number of rotatable bonds is 5. The molecular weight excluding hydrogens is 314 g/mol. The van der Waals surface area contributed by atoms with Gasteiger partial charge < -0.3 is 10.1 Å². The molecule has 132 valence electrons. The van der Waals surface area contributed by atoms with Crippen LogP contribution in [-0.4, -0.2) is 17.9 Å². The van der Waals surface area contributed by atoms with Gasteiger partial charge >= 0.3 is 5.97 Å². The number of amides is 1. The largest absolute Gasteiger partial charge is 0.425 e. The first-order chi connectivity index (χ1) is 11.8. The summed E-state index contributed by atoms with van der Waals surface area (Å²) in [5.41, 5.74) is 3.61. The highest BCUT2D eigenvalue weighted by Crippen LogP contribution is 2.18. The quantitative estimate of drug-likeness (QED) is 0.662. The van der Waals surface area contributed by atoms with Gasteiger partial charge in [-0.05, 0) is 61.6 Å². The van der Waals surface area contributed by atoms with Crippen LogP contribution in [0.25, 0.3) is 0 Å². The van der Waals surface area contributed by atoms with Gasteiger partial charge in [0.2, 0.25) is 0 Å². The van der Waals surface area contributed by atoms with E-state index in [1.54, 1.807) is 18.2 Å². The highest BCUT2D eigenvalue weighted by atomic mass is 16.5. The lowest BCUT2D eigenvalue weighted by atomic mass is 10.0. The Labute approximate surface area is 149 Å². The molecule has 0 aromatic heterocycles. The van der Waals surface area contributed by atoms with Crippen LogP contribution in [0.5, 0.6) is 5.75 Å². The summed E-state index contributed by atoms with van der Waals surface area (Å²) < 4.78 is 5.49. The van der Waals surface area contributed by atoms with Crippen molar-refractivity contribution in [3.8, 4) is 5.75 Å². The molecule has 0 unspecified atom stereocenters. The lowest BCUT2D eigenvalue weighted by molar-refractivity contribution is -0.137. The van der Waals surface area contributed by atoms with Gasteiger partial charge in [0.05, 0.1) is 0 Å². The van der Waals surface area contributed by atoms with Gasteiger partial charge in [0.15, 0.2) is 0 Å². The molecule has 0 saturated heterocycles. The summed E-state index contributed by atoms with van der Waals surface area (Å²) in [4.78, 5) is 25.1. The van der Waals surface area contributed by atoms with Crippen molar-refractivity contribution in [2.24, 2.45) is 5.92 Å². The van der Waals surface area contributed by atoms with Crippen molar-refractivity contribution >= 4 is 11.9 Å². The fourth-order valence-corrected chi connectivity index (χ4v) is 2.50. The van der Waals surface area contributed by atoms with Crippen LogP contribution >= 0.6 is 0 Å². The lowest BCUT2D eigenvalue weighted by Gasteiger charge is -2.21. The van der Waals surface area contributed by atoms with Crippen LogP contribution in [-0.2, 0) is 4.79 Å². The third-order valence-electron chi connectivity index (χ3n) is 4.29. The normalized spacial score (nSPS) is 11.9. The number of nitrogens with one attached hydrogen (secondary N) is 1. The molecule has 0 spiro atoms. The second-order valence-corrected chi connectivity index (χ2v) is 6.68. The van der Waals surface area contributed by atoms with Crippen LogP contribution in [0.1, 0.15) is 40.9 Å². The van der Waals surface area contributed by atoms with E-state index >= 15 is 0 Å². The molecule has 4 heteroatoms. The first kappa shape index (κ1) is 18.7. The molecule has 2 aromatic carbocycles. The molecule has 1 atom stereocenters. The molecule has 0 aliphatic rings. The zero-order chi connectivity index (χ0) is 18.6. The van der Waals surface area contributed by atoms with Crippen molar-refractivity contribution < 1.29 is 14.3 Å². The molecule has 2 rings (SSSR count). The Kier molecular flexibility index (Phi) is 5.97. The number of esters is 1. The van der Waals surface area contributed by atoms with E-state index in [1.165, 1.54) is 0 Å². The SMILES string of the molecule is Cc1ccc(OC(=O)[C@@H](NC(=O)c2ccccc2C)C(C)C)cc1C. The van der Waals surface area contributed by atoms with Crippen molar-refractivity contribution in [2.45, 2.75) is 40.7 Å². The van der Waals surface area contributed by atoms with Gasteiger partial charge in [0, 0.05) is 5.56 Å². The van der Waals surface area contributed by atoms with Crippen LogP contribution in [0.3, 0.4) is 0 Å². The Hall–Kier alpha value is -2.62. The number of carbonyl (C=O) groups excluding carboxylic acids is 2. The average molecular weight is 339 g/mol. The summed E-state index contributed by atoms with van der Waals surface area (Å²) in [5.74, 6) is -0.329. The minimum atomic E-state index is -0.714. The van der Waals surface area contributed by atoms with Gasteiger partial charge in [-0.1, -0.05) is 38.1 Å². The van der Waals surface area contributed by atoms with E-state index in [-0.39, 0.29) is 11.8 Å². The Bertz CT molecular complexity index is 780. The van der Waals surface area contributed by atoms with Crippen molar-refractivity contribution in [2.75, 3.05) is 0 Å². The highest BCUT2D eigenvalue weighted by Gasteiger charge is 2.27. The Morgan fingerprint density at radius 2 is 1.60 bits per heavy atom. The van der Waals surface area contributed by atoms with E-state index in [2.05, 4.69) is 5.32 Å². The number of hydrogen-bond acceptors (Lipinski definition) is 3. The maximum atomic E-state index is 12.6. The van der Waals surface area contributed by atoms with Crippen LogP contribution in [0.15, 0.2) is 42.5 Å². The summed E-state index contributed by atoms with van der Waals surface area (Å²) in [6, 6.07) is 12.1. The Morgan fingerprint density at radius 3 is 2.20 bits per heavy atom. The van der Waals surface area contributed by atoms with Crippen molar-refractivity contribution in [1.82, 2.24) is 5.32 Å². The van der Waals surface area contributed by atoms with Crippen LogP contribution in [0.2, 0.25) is 0 Å². The molecule has 2 aromatic rings. The number of aryl methyl sites for hydroxylation is 3. The van der Waals surface area contributed by atoms with Crippen LogP contribution in [0, 0.1) is 26.7 Å². The van der Waals surface area contributed by atoms with Gasteiger partial charge in [-0.25, -0.2) is 4.79 Å². The van der Waals surface area contributed by atoms with Gasteiger partial charge in [0.25, 0.3) is 5.91 Å². The summed E-state index contributed by atoms with van der Waals surface area (Å²) >= 11 is 0. The standard InChI is InChI=1S/C21H25NO3/c1-13(2)19(22-20(23)18-9-7-6-8-15(18)4)21(24)25-17-11-10-14(3)16(5)12-17/h6-13,19H,1-5H3,(H,22,23)/t19-/m0/s1. The molecule has 0 saturated carbocycles. The molecule has 0 bridgehead atoms. The number of hydrogen-bond donors (Lipinski definition) is 1. The second-order valence-electron chi connectivity index (χ2n) is 6.68. The summed E-state index contributed by atoms with van der Waals surface area (Å²) in [5, 5.41) is 2.81. The zero-order valence-corrected chi connectivity index (χ0v) is 15.4. The molecule has 1 amide bonds. The van der Waals surface area contributed by atoms with Gasteiger partial charge in [0.1, 0.15) is 11.8 Å². The molecule has 0 aliphatic heterocycles. The number of carbonyl (C=O) groups is 2. The number of benzene rings is 2. The van der Waals surface area contributed by atoms with Crippen molar-refractivity contribution in [1.29, 1.82) is 0 Å². The minimum Gasteiger partial charge on any atom is -0.425 e. The van der Waals surface area contributed by atoms with Crippen LogP contribution < -0.4 is 10.1 Å². The first-order valence-electron chi connectivity index (χ1n) is 8.45. The topological polar surface area (TPSA) is 55.4 Å². The molecule has 0 heterocycles. The highest BCUT2D eigenvalue weighted by molar-refractivity contribution is 5.98. The summed E-state index contributed by atoms with van der Waals surface area (Å²) in [6.45, 7) is 9.59. The predicted molar refractivity (Wildman–Crippen MR) is 98.8 cm³/mol. The molecule has 1 N–H and O–H groups in total. The molecular formula is C21H25NO3. The van der Waals surface area contributed by atoms with Gasteiger partial charge in [-0.2, -0.15) is 0 Å². The third kappa shape index (κ3) is 4.69. The number of ether oxygens (including phenoxy) is 1. The van der Waals surface area contributed by atoms with E-state index in [0.29, 0.717) is 11.3 Å². The molecule has 0 fully saturated rings. The molecule has 0 aliphatic carbocycles. The van der Waals surface area contributed by atoms with E-state index in [1.807, 2.05) is 58.9 Å². The van der Waals surface area contributed by atoms with Crippen molar-refractivity contribution in [3.05, 3.63) is 64.7 Å². The minimum absolute atomic E-state index is 0.0907. The maximum absolute atomic E-state index is 12.6. The van der Waals surface area contributed by atoms with E-state index in [9.17, 15) is 9.59 Å². The molecule has 25 heavy (non-hydrogen) atoms. The van der Waals surface area contributed by atoms with E-state index in [0.717, 1.165) is 16.7 Å². The first-order valence-corrected chi connectivity index (χ1v) is 8.45. The lowest BCUT2D eigenvalue weighted by Crippen LogP contribution is -2.46. The molecule has 0 radical (unpaired) electrons. The zero-order valence-electron chi connectivity index (χ0n) is 15.4. The fourth-order valence-electron chi connectivity index (χ4n) is 2.50. The Morgan fingerprint density at radius 1 is 0.920 bits per heavy atom. The van der Waals surface area contributed by atoms with Crippen LogP contribution in [0.4, 0.5) is 0 Å². The van der Waals surface area contributed by atoms with E-state index in [4.69, 9.17) is 4.74 Å². The van der Waals surface area contributed by atoms with Gasteiger partial charge in [-0.15, -0.1) is 0 Å². The third-order valence-corrected chi connectivity index (χ3v) is 4.29. The van der Waals surface area contributed by atoms with Gasteiger partial charge in [-0.3, -0.25) is 4.79 Å². The van der Waals surface area contributed by atoms with E-state index < -0.39 is 12.0 Å². The van der Waals surface area contributed by atoms with Crippen molar-refractivity contribution in [3.63, 3.8) is 0 Å².